The van der Waals surface area contributed by atoms with E-state index in [0.29, 0.717) is 0 Å². The Bertz CT molecular complexity index is 154. The summed E-state index contributed by atoms with van der Waals surface area (Å²) in [5, 5.41) is 35.3. The van der Waals surface area contributed by atoms with E-state index < -0.39 is 28.9 Å². The van der Waals surface area contributed by atoms with E-state index in [1.54, 1.807) is 0 Å². The molecule has 0 bridgehead atoms. The predicted molar refractivity (Wildman–Crippen MR) is 44.5 cm³/mol. The molecule has 0 saturated carbocycles. The van der Waals surface area contributed by atoms with Crippen molar-refractivity contribution < 1.29 is 20.4 Å². The van der Waals surface area contributed by atoms with Gasteiger partial charge in [0.25, 0.3) is 0 Å². The van der Waals surface area contributed by atoms with Gasteiger partial charge in [-0.2, -0.15) is 0 Å². The maximum atomic E-state index is 9.28. The third-order valence-electron chi connectivity index (χ3n) is 1.93. The number of hydrogen-bond acceptors (Lipinski definition) is 6. The van der Waals surface area contributed by atoms with Crippen molar-refractivity contribution in [2.75, 3.05) is 6.61 Å². The fraction of sp³-hybridized carbons (Fsp3) is 1.00. The molecule has 72 valence electrons. The summed E-state index contributed by atoms with van der Waals surface area (Å²) in [4.78, 5) is 0. The van der Waals surface area contributed by atoms with E-state index in [2.05, 4.69) is 0 Å². The lowest BCUT2D eigenvalue weighted by atomic mass is 10.0. The van der Waals surface area contributed by atoms with Crippen molar-refractivity contribution in [1.29, 1.82) is 0 Å². The minimum atomic E-state index is -1.27. The monoisotopic (exact) mass is 195 g/mol. The molecule has 5 atom stereocenters. The summed E-state index contributed by atoms with van der Waals surface area (Å²) in [7, 11) is 0. The van der Waals surface area contributed by atoms with Gasteiger partial charge in [0.15, 0.2) is 0 Å². The highest BCUT2D eigenvalue weighted by molar-refractivity contribution is 8.00. The van der Waals surface area contributed by atoms with Gasteiger partial charge in [0.05, 0.1) is 23.3 Å². The van der Waals surface area contributed by atoms with Crippen LogP contribution in [0.15, 0.2) is 0 Å². The van der Waals surface area contributed by atoms with Crippen LogP contribution in [-0.4, -0.2) is 56.0 Å². The largest absolute Gasteiger partial charge is 0.395 e. The second-order valence-electron chi connectivity index (χ2n) is 2.79. The number of thioether (sulfide) groups is 1. The van der Waals surface area contributed by atoms with E-state index in [1.807, 2.05) is 0 Å². The molecule has 1 aliphatic rings. The van der Waals surface area contributed by atoms with Crippen LogP contribution in [-0.2, 0) is 0 Å². The molecule has 6 N–H and O–H groups in total. The molecule has 5 nitrogen and oxygen atoms in total. The van der Waals surface area contributed by atoms with Crippen LogP contribution in [0.3, 0.4) is 0 Å². The topological polar surface area (TPSA) is 107 Å². The fourth-order valence-electron chi connectivity index (χ4n) is 1.13. The first-order valence-electron chi connectivity index (χ1n) is 3.64. The van der Waals surface area contributed by atoms with Crippen LogP contribution in [0.1, 0.15) is 0 Å². The minimum Gasteiger partial charge on any atom is -0.395 e. The number of nitrogens with two attached hydrogens (primary N) is 1. The first kappa shape index (κ1) is 10.2. The zero-order valence-electron chi connectivity index (χ0n) is 6.37. The molecule has 1 heterocycles. The maximum absolute atomic E-state index is 9.28. The van der Waals surface area contributed by atoms with Crippen molar-refractivity contribution in [3.05, 3.63) is 0 Å². The normalized spacial score (nSPS) is 49.2. The van der Waals surface area contributed by atoms with E-state index in [-0.39, 0.29) is 6.61 Å². The molecule has 0 aromatic heterocycles. The molecule has 1 rings (SSSR count). The van der Waals surface area contributed by atoms with E-state index in [0.717, 1.165) is 11.8 Å². The van der Waals surface area contributed by atoms with Crippen LogP contribution < -0.4 is 5.73 Å². The van der Waals surface area contributed by atoms with Crippen molar-refractivity contribution >= 4 is 11.8 Å². The van der Waals surface area contributed by atoms with Crippen molar-refractivity contribution in [2.45, 2.75) is 28.9 Å². The maximum Gasteiger partial charge on any atom is 0.109 e. The Morgan fingerprint density at radius 2 is 1.67 bits per heavy atom. The highest BCUT2D eigenvalue weighted by Gasteiger charge is 2.41. The lowest BCUT2D eigenvalue weighted by molar-refractivity contribution is -0.0690. The smallest absolute Gasteiger partial charge is 0.109 e. The van der Waals surface area contributed by atoms with Gasteiger partial charge in [-0.25, -0.2) is 0 Å². The predicted octanol–water partition coefficient (Wildman–Crippen LogP) is -2.54. The average molecular weight is 195 g/mol. The van der Waals surface area contributed by atoms with E-state index >= 15 is 0 Å². The summed E-state index contributed by atoms with van der Waals surface area (Å²) in [6.07, 6.45) is -3.51. The molecule has 1 aliphatic heterocycles. The third-order valence-corrected chi connectivity index (χ3v) is 3.30. The lowest BCUT2D eigenvalue weighted by Gasteiger charge is -2.37. The van der Waals surface area contributed by atoms with Gasteiger partial charge in [0.2, 0.25) is 0 Å². The van der Waals surface area contributed by atoms with Crippen molar-refractivity contribution in [3.8, 4) is 0 Å². The van der Waals surface area contributed by atoms with E-state index in [1.165, 1.54) is 0 Å². The Kier molecular flexibility index (Phi) is 3.33. The van der Waals surface area contributed by atoms with Gasteiger partial charge in [0, 0.05) is 0 Å². The Morgan fingerprint density at radius 1 is 1.08 bits per heavy atom. The standard InChI is InChI=1S/C6H13NO4S/c7-6-5(11)4(10)3(9)2(1-8)12-6/h2-6,8-11H,1,7H2. The van der Waals surface area contributed by atoms with E-state index in [4.69, 9.17) is 10.8 Å². The van der Waals surface area contributed by atoms with Gasteiger partial charge in [-0.1, -0.05) is 0 Å². The molecule has 1 saturated heterocycles. The van der Waals surface area contributed by atoms with Gasteiger partial charge in [0.1, 0.15) is 12.2 Å². The molecular weight excluding hydrogens is 182 g/mol. The van der Waals surface area contributed by atoms with E-state index in [9.17, 15) is 15.3 Å². The van der Waals surface area contributed by atoms with Gasteiger partial charge < -0.3 is 26.2 Å². The summed E-state index contributed by atoms with van der Waals surface area (Å²) < 4.78 is 0. The molecule has 0 aromatic rings. The second-order valence-corrected chi connectivity index (χ2v) is 4.22. The summed E-state index contributed by atoms with van der Waals surface area (Å²) >= 11 is 1.07. The summed E-state index contributed by atoms with van der Waals surface area (Å²) in [5.41, 5.74) is 5.43. The van der Waals surface area contributed by atoms with Crippen LogP contribution >= 0.6 is 11.8 Å². The van der Waals surface area contributed by atoms with Crippen LogP contribution in [0.4, 0.5) is 0 Å². The Morgan fingerprint density at radius 3 is 2.17 bits per heavy atom. The highest BCUT2D eigenvalue weighted by Crippen LogP contribution is 2.29. The number of aliphatic hydroxyl groups excluding tert-OH is 4. The van der Waals surface area contributed by atoms with Crippen molar-refractivity contribution in [1.82, 2.24) is 0 Å². The Labute approximate surface area is 74.2 Å². The second kappa shape index (κ2) is 3.91. The summed E-state index contributed by atoms with van der Waals surface area (Å²) in [6.45, 7) is -0.261. The highest BCUT2D eigenvalue weighted by atomic mass is 32.2. The van der Waals surface area contributed by atoms with Gasteiger partial charge in [-0.05, 0) is 0 Å². The zero-order chi connectivity index (χ0) is 9.30. The van der Waals surface area contributed by atoms with Gasteiger partial charge in [-0.3, -0.25) is 0 Å². The minimum absolute atomic E-state index is 0.261. The quantitative estimate of drug-likeness (QED) is 0.316. The van der Waals surface area contributed by atoms with Crippen LogP contribution in [0.2, 0.25) is 0 Å². The molecule has 0 aromatic carbocycles. The van der Waals surface area contributed by atoms with Crippen LogP contribution in [0.5, 0.6) is 0 Å². The Hall–Kier alpha value is 0.150. The SMILES string of the molecule is NC1SC(CO)C(O)C(O)C1O. The summed E-state index contributed by atoms with van der Waals surface area (Å²) in [5.74, 6) is 0. The summed E-state index contributed by atoms with van der Waals surface area (Å²) in [6, 6.07) is 0. The van der Waals surface area contributed by atoms with Crippen molar-refractivity contribution in [2.24, 2.45) is 5.73 Å². The third kappa shape index (κ3) is 1.73. The molecule has 1 fully saturated rings. The fourth-order valence-corrected chi connectivity index (χ4v) is 2.26. The molecule has 12 heavy (non-hydrogen) atoms. The van der Waals surface area contributed by atoms with Crippen molar-refractivity contribution in [3.63, 3.8) is 0 Å². The molecule has 0 radical (unpaired) electrons. The zero-order valence-corrected chi connectivity index (χ0v) is 7.18. The number of hydrogen-bond donors (Lipinski definition) is 5. The molecule has 0 aliphatic carbocycles. The molecular formula is C6H13NO4S. The molecule has 0 spiro atoms. The molecule has 6 heteroatoms. The first-order valence-corrected chi connectivity index (χ1v) is 4.58. The molecule has 5 unspecified atom stereocenters. The Balaban J connectivity index is 2.63. The average Bonchev–Trinajstić information content (AvgIpc) is 2.08. The lowest BCUT2D eigenvalue weighted by Crippen LogP contribution is -2.56. The first-order chi connectivity index (χ1) is 5.57. The van der Waals surface area contributed by atoms with Gasteiger partial charge in [-0.15, -0.1) is 11.8 Å². The number of aliphatic hydroxyl groups is 4. The van der Waals surface area contributed by atoms with Crippen LogP contribution in [0, 0.1) is 0 Å². The van der Waals surface area contributed by atoms with Gasteiger partial charge >= 0.3 is 0 Å². The number of rotatable bonds is 1. The van der Waals surface area contributed by atoms with Crippen LogP contribution in [0.25, 0.3) is 0 Å². The molecule has 0 amide bonds.